The van der Waals surface area contributed by atoms with Gasteiger partial charge < -0.3 is 0 Å². The summed E-state index contributed by atoms with van der Waals surface area (Å²) >= 11 is 5.59. The second-order valence-electron chi connectivity index (χ2n) is 2.19. The fraction of sp³-hybridized carbons (Fsp3) is 0.222. The normalized spacial score (nSPS) is 9.09. The van der Waals surface area contributed by atoms with E-state index in [4.69, 9.17) is 18.0 Å². The van der Waals surface area contributed by atoms with Gasteiger partial charge in [0.05, 0.1) is 0 Å². The topological polar surface area (TPSA) is 12.9 Å². The van der Waals surface area contributed by atoms with Gasteiger partial charge in [0.25, 0.3) is 0 Å². The Morgan fingerprint density at radius 3 is 2.91 bits per heavy atom. The second-order valence-corrected chi connectivity index (χ2v) is 2.58. The fourth-order valence-electron chi connectivity index (χ4n) is 0.771. The molecule has 0 radical (unpaired) electrons. The van der Waals surface area contributed by atoms with Crippen LogP contribution in [0.5, 0.6) is 0 Å². The molecule has 0 aliphatic heterocycles. The van der Waals surface area contributed by atoms with E-state index in [1.807, 2.05) is 6.07 Å². The highest BCUT2D eigenvalue weighted by atomic mass is 35.5. The molecule has 2 heteroatoms. The molecule has 0 amide bonds. The molecule has 1 aromatic rings. The quantitative estimate of drug-likeness (QED) is 0.484. The molecule has 1 heterocycles. The lowest BCUT2D eigenvalue weighted by molar-refractivity contribution is 1.01. The Hall–Kier alpha value is -1.00. The number of hydrogen-bond donors (Lipinski definition) is 0. The van der Waals surface area contributed by atoms with E-state index in [9.17, 15) is 0 Å². The first-order valence-corrected chi connectivity index (χ1v) is 3.74. The van der Waals surface area contributed by atoms with Crippen LogP contribution >= 0.6 is 11.6 Å². The Morgan fingerprint density at radius 1 is 1.55 bits per heavy atom. The van der Waals surface area contributed by atoms with Crippen molar-refractivity contribution in [2.24, 2.45) is 0 Å². The van der Waals surface area contributed by atoms with E-state index < -0.39 is 0 Å². The average molecular weight is 166 g/mol. The largest absolute Gasteiger partial charge is 0.244 e. The van der Waals surface area contributed by atoms with Crippen LogP contribution in [0.4, 0.5) is 0 Å². The van der Waals surface area contributed by atoms with Crippen LogP contribution in [0.1, 0.15) is 12.0 Å². The lowest BCUT2D eigenvalue weighted by atomic mass is 10.2. The van der Waals surface area contributed by atoms with Crippen LogP contribution in [0.3, 0.4) is 0 Å². The van der Waals surface area contributed by atoms with Crippen LogP contribution in [0.2, 0.25) is 5.15 Å². The van der Waals surface area contributed by atoms with Gasteiger partial charge in [0.15, 0.2) is 0 Å². The maximum atomic E-state index is 5.59. The molecule has 0 saturated heterocycles. The zero-order chi connectivity index (χ0) is 8.10. The van der Waals surface area contributed by atoms with Crippen molar-refractivity contribution in [3.8, 4) is 12.3 Å². The number of pyridine rings is 1. The third-order valence-electron chi connectivity index (χ3n) is 1.35. The number of hydrogen-bond acceptors (Lipinski definition) is 1. The molecule has 1 aromatic heterocycles. The van der Waals surface area contributed by atoms with E-state index in [0.29, 0.717) is 5.15 Å². The van der Waals surface area contributed by atoms with Gasteiger partial charge in [0.2, 0.25) is 0 Å². The van der Waals surface area contributed by atoms with Gasteiger partial charge in [-0.2, -0.15) is 0 Å². The van der Waals surface area contributed by atoms with E-state index in [1.165, 1.54) is 0 Å². The summed E-state index contributed by atoms with van der Waals surface area (Å²) in [6, 6.07) is 3.71. The fourth-order valence-corrected chi connectivity index (χ4v) is 0.883. The summed E-state index contributed by atoms with van der Waals surface area (Å²) in [5.41, 5.74) is 1.13. The molecule has 56 valence electrons. The number of rotatable bonds is 2. The third kappa shape index (κ3) is 2.61. The molecule has 0 aromatic carbocycles. The SMILES string of the molecule is C#CCCc1ccc(Cl)nc1. The number of nitrogens with zero attached hydrogens (tertiary/aromatic N) is 1. The van der Waals surface area contributed by atoms with E-state index >= 15 is 0 Å². The highest BCUT2D eigenvalue weighted by molar-refractivity contribution is 6.29. The van der Waals surface area contributed by atoms with E-state index in [-0.39, 0.29) is 0 Å². The molecule has 0 spiro atoms. The maximum absolute atomic E-state index is 5.59. The molecule has 11 heavy (non-hydrogen) atoms. The summed E-state index contributed by atoms with van der Waals surface area (Å²) < 4.78 is 0. The second kappa shape index (κ2) is 4.00. The van der Waals surface area contributed by atoms with Gasteiger partial charge in [-0.15, -0.1) is 12.3 Å². The minimum absolute atomic E-state index is 0.523. The number of aryl methyl sites for hydroxylation is 1. The minimum atomic E-state index is 0.523. The summed E-state index contributed by atoms with van der Waals surface area (Å²) in [4.78, 5) is 3.93. The highest BCUT2D eigenvalue weighted by Crippen LogP contribution is 2.06. The zero-order valence-electron chi connectivity index (χ0n) is 6.05. The molecule has 1 rings (SSSR count). The Bertz CT molecular complexity index is 258. The summed E-state index contributed by atoms with van der Waals surface area (Å²) in [6.07, 6.45) is 8.49. The van der Waals surface area contributed by atoms with Crippen LogP contribution < -0.4 is 0 Å². The first-order valence-electron chi connectivity index (χ1n) is 3.37. The smallest absolute Gasteiger partial charge is 0.129 e. The number of halogens is 1. The van der Waals surface area contributed by atoms with Crippen molar-refractivity contribution in [3.63, 3.8) is 0 Å². The van der Waals surface area contributed by atoms with E-state index in [1.54, 1.807) is 12.3 Å². The molecule has 0 aliphatic carbocycles. The summed E-state index contributed by atoms with van der Waals surface area (Å²) in [5.74, 6) is 2.57. The van der Waals surface area contributed by atoms with E-state index in [0.717, 1.165) is 18.4 Å². The Balaban J connectivity index is 2.60. The van der Waals surface area contributed by atoms with Gasteiger partial charge in [-0.25, -0.2) is 4.98 Å². The molecule has 1 nitrogen and oxygen atoms in total. The van der Waals surface area contributed by atoms with Crippen LogP contribution in [0, 0.1) is 12.3 Å². The third-order valence-corrected chi connectivity index (χ3v) is 1.57. The number of aromatic nitrogens is 1. The summed E-state index contributed by atoms with van der Waals surface area (Å²) in [5, 5.41) is 0.523. The molecule has 0 unspecified atom stereocenters. The number of terminal acetylenes is 1. The molecular formula is C9H8ClN. The Morgan fingerprint density at radius 2 is 2.36 bits per heavy atom. The van der Waals surface area contributed by atoms with E-state index in [2.05, 4.69) is 10.9 Å². The highest BCUT2D eigenvalue weighted by Gasteiger charge is 1.91. The van der Waals surface area contributed by atoms with Crippen molar-refractivity contribution in [1.29, 1.82) is 0 Å². The van der Waals surface area contributed by atoms with Crippen LogP contribution in [0.25, 0.3) is 0 Å². The van der Waals surface area contributed by atoms with Gasteiger partial charge in [-0.05, 0) is 18.1 Å². The monoisotopic (exact) mass is 165 g/mol. The first kappa shape index (κ1) is 8.10. The van der Waals surface area contributed by atoms with Crippen molar-refractivity contribution in [3.05, 3.63) is 29.0 Å². The summed E-state index contributed by atoms with van der Waals surface area (Å²) in [7, 11) is 0. The Labute approximate surface area is 71.4 Å². The molecule has 0 saturated carbocycles. The molecule has 0 N–H and O–H groups in total. The van der Waals surface area contributed by atoms with Gasteiger partial charge in [-0.1, -0.05) is 17.7 Å². The predicted octanol–water partition coefficient (Wildman–Crippen LogP) is 2.30. The predicted molar refractivity (Wildman–Crippen MR) is 46.4 cm³/mol. The first-order chi connectivity index (χ1) is 5.33. The van der Waals surface area contributed by atoms with Crippen molar-refractivity contribution in [2.45, 2.75) is 12.8 Å². The molecule has 0 aliphatic rings. The lowest BCUT2D eigenvalue weighted by Gasteiger charge is -1.95. The molecule has 0 fully saturated rings. The lowest BCUT2D eigenvalue weighted by Crippen LogP contribution is -1.84. The molecule has 0 bridgehead atoms. The van der Waals surface area contributed by atoms with Crippen molar-refractivity contribution in [2.75, 3.05) is 0 Å². The van der Waals surface area contributed by atoms with Gasteiger partial charge in [-0.3, -0.25) is 0 Å². The molecular weight excluding hydrogens is 158 g/mol. The van der Waals surface area contributed by atoms with Crippen molar-refractivity contribution < 1.29 is 0 Å². The van der Waals surface area contributed by atoms with Crippen LogP contribution in [-0.2, 0) is 6.42 Å². The minimum Gasteiger partial charge on any atom is -0.244 e. The van der Waals surface area contributed by atoms with Gasteiger partial charge in [0.1, 0.15) is 5.15 Å². The van der Waals surface area contributed by atoms with Gasteiger partial charge >= 0.3 is 0 Å². The van der Waals surface area contributed by atoms with Gasteiger partial charge in [0, 0.05) is 12.6 Å². The summed E-state index contributed by atoms with van der Waals surface area (Å²) in [6.45, 7) is 0. The van der Waals surface area contributed by atoms with Crippen molar-refractivity contribution >= 4 is 11.6 Å². The standard InChI is InChI=1S/C9H8ClN/c1-2-3-4-8-5-6-9(10)11-7-8/h1,5-7H,3-4H2. The molecule has 0 atom stereocenters. The van der Waals surface area contributed by atoms with Crippen LogP contribution in [0.15, 0.2) is 18.3 Å². The van der Waals surface area contributed by atoms with Crippen molar-refractivity contribution in [1.82, 2.24) is 4.98 Å². The average Bonchev–Trinajstić information content (AvgIpc) is 2.04. The maximum Gasteiger partial charge on any atom is 0.129 e. The zero-order valence-corrected chi connectivity index (χ0v) is 6.80. The van der Waals surface area contributed by atoms with Crippen LogP contribution in [-0.4, -0.2) is 4.98 Å². The Kier molecular flexibility index (Phi) is 2.95.